The van der Waals surface area contributed by atoms with Gasteiger partial charge in [0.05, 0.1) is 22.4 Å². The van der Waals surface area contributed by atoms with Gasteiger partial charge in [-0.15, -0.1) is 0 Å². The van der Waals surface area contributed by atoms with Gasteiger partial charge in [0.1, 0.15) is 0 Å². The Bertz CT molecular complexity index is 579. The molecule has 3 N–H and O–H groups in total. The number of benzene rings is 1. The Morgan fingerprint density at radius 2 is 1.90 bits per heavy atom. The number of nitrogens with two attached hydrogens (primary N) is 1. The van der Waals surface area contributed by atoms with Crippen LogP contribution < -0.4 is 10.6 Å². The van der Waals surface area contributed by atoms with E-state index in [2.05, 4.69) is 0 Å². The van der Waals surface area contributed by atoms with E-state index < -0.39 is 10.0 Å². The fourth-order valence-corrected chi connectivity index (χ4v) is 3.20. The van der Waals surface area contributed by atoms with Crippen molar-refractivity contribution in [3.8, 4) is 0 Å². The third-order valence-corrected chi connectivity index (χ3v) is 5.40. The van der Waals surface area contributed by atoms with Crippen LogP contribution in [0.25, 0.3) is 0 Å². The minimum absolute atomic E-state index is 0.234. The Balaban J connectivity index is 2.35. The first-order valence-corrected chi connectivity index (χ1v) is 8.01. The first-order valence-electron chi connectivity index (χ1n) is 6.57. The van der Waals surface area contributed by atoms with Crippen molar-refractivity contribution in [3.63, 3.8) is 0 Å². The average Bonchev–Trinajstić information content (AvgIpc) is 2.40. The number of nitrogens with zero attached hydrogens (tertiary/aromatic N) is 2. The second-order valence-electron chi connectivity index (χ2n) is 5.23. The zero-order chi connectivity index (χ0) is 14.9. The van der Waals surface area contributed by atoms with Crippen LogP contribution in [0, 0.1) is 0 Å². The fraction of sp³-hybridized carbons (Fsp3) is 0.538. The number of nitrogen functional groups attached to an aromatic ring is 1. The van der Waals surface area contributed by atoms with Gasteiger partial charge in [0, 0.05) is 27.2 Å². The predicted molar refractivity (Wildman–Crippen MR) is 79.2 cm³/mol. The summed E-state index contributed by atoms with van der Waals surface area (Å²) in [5.41, 5.74) is 7.24. The predicted octanol–water partition coefficient (Wildman–Crippen LogP) is 0.480. The van der Waals surface area contributed by atoms with E-state index >= 15 is 0 Å². The van der Waals surface area contributed by atoms with Crippen LogP contribution in [-0.4, -0.2) is 51.1 Å². The SMILES string of the molecule is CN(C)S(=O)(=O)c1ccc(N)c(N2CCC(O)CC2)c1. The molecule has 20 heavy (non-hydrogen) atoms. The largest absolute Gasteiger partial charge is 0.397 e. The molecule has 0 saturated carbocycles. The summed E-state index contributed by atoms with van der Waals surface area (Å²) in [4.78, 5) is 2.26. The third-order valence-electron chi connectivity index (χ3n) is 3.59. The highest BCUT2D eigenvalue weighted by atomic mass is 32.2. The summed E-state index contributed by atoms with van der Waals surface area (Å²) >= 11 is 0. The van der Waals surface area contributed by atoms with Gasteiger partial charge in [-0.1, -0.05) is 0 Å². The highest BCUT2D eigenvalue weighted by molar-refractivity contribution is 7.89. The summed E-state index contributed by atoms with van der Waals surface area (Å²) in [5.74, 6) is 0. The zero-order valence-electron chi connectivity index (χ0n) is 11.8. The molecule has 1 aromatic rings. The molecule has 0 amide bonds. The minimum Gasteiger partial charge on any atom is -0.397 e. The van der Waals surface area contributed by atoms with Gasteiger partial charge in [0.25, 0.3) is 0 Å². The van der Waals surface area contributed by atoms with Crippen molar-refractivity contribution in [3.05, 3.63) is 18.2 Å². The van der Waals surface area contributed by atoms with E-state index in [1.54, 1.807) is 12.1 Å². The number of aliphatic hydroxyl groups excluding tert-OH is 1. The van der Waals surface area contributed by atoms with E-state index in [0.717, 1.165) is 5.69 Å². The molecule has 2 rings (SSSR count). The molecular formula is C13H21N3O3S. The molecule has 112 valence electrons. The van der Waals surface area contributed by atoms with Crippen molar-refractivity contribution in [2.75, 3.05) is 37.8 Å². The number of hydrogen-bond acceptors (Lipinski definition) is 5. The third kappa shape index (κ3) is 2.89. The van der Waals surface area contributed by atoms with E-state index in [-0.39, 0.29) is 11.0 Å². The normalized spacial score (nSPS) is 17.7. The van der Waals surface area contributed by atoms with Gasteiger partial charge in [-0.05, 0) is 31.0 Å². The van der Waals surface area contributed by atoms with Crippen LogP contribution in [0.4, 0.5) is 11.4 Å². The van der Waals surface area contributed by atoms with Crippen LogP contribution in [-0.2, 0) is 10.0 Å². The molecule has 0 radical (unpaired) electrons. The maximum Gasteiger partial charge on any atom is 0.242 e. The Hall–Kier alpha value is -1.31. The van der Waals surface area contributed by atoms with Gasteiger partial charge >= 0.3 is 0 Å². The van der Waals surface area contributed by atoms with Crippen molar-refractivity contribution in [2.24, 2.45) is 0 Å². The lowest BCUT2D eigenvalue weighted by Gasteiger charge is -2.32. The van der Waals surface area contributed by atoms with E-state index in [1.807, 2.05) is 4.90 Å². The number of sulfonamides is 1. The van der Waals surface area contributed by atoms with E-state index in [9.17, 15) is 13.5 Å². The van der Waals surface area contributed by atoms with Crippen LogP contribution in [0.15, 0.2) is 23.1 Å². The molecular weight excluding hydrogens is 278 g/mol. The van der Waals surface area contributed by atoms with Crippen LogP contribution in [0.3, 0.4) is 0 Å². The summed E-state index contributed by atoms with van der Waals surface area (Å²) in [6.07, 6.45) is 1.06. The molecule has 0 bridgehead atoms. The van der Waals surface area contributed by atoms with Gasteiger partial charge in [0.15, 0.2) is 0 Å². The summed E-state index contributed by atoms with van der Waals surface area (Å²) in [7, 11) is -0.459. The molecule has 7 heteroatoms. The highest BCUT2D eigenvalue weighted by Gasteiger charge is 2.22. The molecule has 1 aliphatic rings. The Labute approximate surface area is 119 Å². The van der Waals surface area contributed by atoms with E-state index in [4.69, 9.17) is 5.73 Å². The first-order chi connectivity index (χ1) is 9.32. The number of aliphatic hydroxyl groups is 1. The van der Waals surface area contributed by atoms with E-state index in [1.165, 1.54) is 24.5 Å². The maximum atomic E-state index is 12.2. The van der Waals surface area contributed by atoms with Gasteiger partial charge in [-0.3, -0.25) is 0 Å². The second kappa shape index (κ2) is 5.59. The van der Waals surface area contributed by atoms with Gasteiger partial charge in [-0.2, -0.15) is 0 Å². The topological polar surface area (TPSA) is 86.9 Å². The molecule has 1 saturated heterocycles. The van der Waals surface area contributed by atoms with Crippen molar-refractivity contribution >= 4 is 21.4 Å². The van der Waals surface area contributed by atoms with Crippen LogP contribution >= 0.6 is 0 Å². The van der Waals surface area contributed by atoms with Crippen molar-refractivity contribution in [1.82, 2.24) is 4.31 Å². The molecule has 1 aliphatic heterocycles. The number of rotatable bonds is 3. The molecule has 0 aliphatic carbocycles. The quantitative estimate of drug-likeness (QED) is 0.793. The molecule has 0 unspecified atom stereocenters. The lowest BCUT2D eigenvalue weighted by atomic mass is 10.1. The van der Waals surface area contributed by atoms with Crippen LogP contribution in [0.5, 0.6) is 0 Å². The van der Waals surface area contributed by atoms with Crippen molar-refractivity contribution in [1.29, 1.82) is 0 Å². The van der Waals surface area contributed by atoms with Crippen LogP contribution in [0.1, 0.15) is 12.8 Å². The molecule has 6 nitrogen and oxygen atoms in total. The smallest absolute Gasteiger partial charge is 0.242 e. The molecule has 1 aromatic carbocycles. The second-order valence-corrected chi connectivity index (χ2v) is 7.38. The molecule has 0 aromatic heterocycles. The van der Waals surface area contributed by atoms with Crippen molar-refractivity contribution in [2.45, 2.75) is 23.8 Å². The van der Waals surface area contributed by atoms with Gasteiger partial charge < -0.3 is 15.7 Å². The number of anilines is 2. The summed E-state index contributed by atoms with van der Waals surface area (Å²) in [6, 6.07) is 4.76. The molecule has 1 heterocycles. The maximum absolute atomic E-state index is 12.2. The summed E-state index contributed by atoms with van der Waals surface area (Å²) < 4.78 is 25.5. The van der Waals surface area contributed by atoms with Gasteiger partial charge in [0.2, 0.25) is 10.0 Å². The fourth-order valence-electron chi connectivity index (χ4n) is 2.28. The number of hydrogen-bond donors (Lipinski definition) is 2. The Morgan fingerprint density at radius 1 is 1.30 bits per heavy atom. The molecule has 1 fully saturated rings. The standard InChI is InChI=1S/C13H21N3O3S/c1-15(2)20(18,19)11-3-4-12(14)13(9-11)16-7-5-10(17)6-8-16/h3-4,9-10,17H,5-8,14H2,1-2H3. The highest BCUT2D eigenvalue weighted by Crippen LogP contribution is 2.29. The summed E-state index contributed by atoms with van der Waals surface area (Å²) in [6.45, 7) is 1.35. The zero-order valence-corrected chi connectivity index (χ0v) is 12.6. The average molecular weight is 299 g/mol. The lowest BCUT2D eigenvalue weighted by molar-refractivity contribution is 0.145. The summed E-state index contributed by atoms with van der Waals surface area (Å²) in [5, 5.41) is 9.54. The Morgan fingerprint density at radius 3 is 2.45 bits per heavy atom. The van der Waals surface area contributed by atoms with Crippen molar-refractivity contribution < 1.29 is 13.5 Å². The monoisotopic (exact) mass is 299 g/mol. The van der Waals surface area contributed by atoms with Crippen LogP contribution in [0.2, 0.25) is 0 Å². The molecule has 0 atom stereocenters. The lowest BCUT2D eigenvalue weighted by Crippen LogP contribution is -2.36. The number of piperidine rings is 1. The molecule has 0 spiro atoms. The Kier molecular flexibility index (Phi) is 4.22. The minimum atomic E-state index is -3.46. The first kappa shape index (κ1) is 15.1. The van der Waals surface area contributed by atoms with E-state index in [0.29, 0.717) is 31.6 Å². The van der Waals surface area contributed by atoms with Gasteiger partial charge in [-0.25, -0.2) is 12.7 Å².